The maximum Gasteiger partial charge on any atom is 0.277 e. The number of nitrogens with zero attached hydrogens (tertiary/aromatic N) is 5. The molecular weight excluding hydrogens is 527 g/mol. The first kappa shape index (κ1) is 33.1. The minimum absolute atomic E-state index is 0.0103. The van der Waals surface area contributed by atoms with Crippen molar-refractivity contribution in [1.82, 2.24) is 30.1 Å². The Morgan fingerprint density at radius 2 is 1.89 bits per heavy atom. The van der Waals surface area contributed by atoms with Gasteiger partial charge in [0.1, 0.15) is 11.7 Å². The van der Waals surface area contributed by atoms with E-state index in [9.17, 15) is 9.59 Å². The molecule has 0 radical (unpaired) electrons. The molecular formula is C26H41Cl2N8O2+. The van der Waals surface area contributed by atoms with E-state index in [1.807, 2.05) is 60.0 Å². The molecule has 12 heteroatoms. The van der Waals surface area contributed by atoms with Crippen LogP contribution in [0.5, 0.6) is 0 Å². The number of carbonyl (C=O) groups excluding carboxylic acids is 2. The van der Waals surface area contributed by atoms with Crippen LogP contribution < -0.4 is 20.9 Å². The van der Waals surface area contributed by atoms with Crippen molar-refractivity contribution in [2.45, 2.75) is 53.8 Å². The summed E-state index contributed by atoms with van der Waals surface area (Å²) in [6.45, 7) is 11.2. The van der Waals surface area contributed by atoms with Crippen LogP contribution in [0.15, 0.2) is 24.4 Å². The minimum Gasteiger partial charge on any atom is -0.382 e. The molecule has 0 spiro atoms. The average Bonchev–Trinajstić information content (AvgIpc) is 3.26. The van der Waals surface area contributed by atoms with Crippen LogP contribution in [-0.2, 0) is 19.6 Å². The molecule has 0 atom stereocenters. The van der Waals surface area contributed by atoms with Crippen LogP contribution in [0.1, 0.15) is 60.8 Å². The third-order valence-corrected chi connectivity index (χ3v) is 5.90. The number of alkyl halides is 1. The van der Waals surface area contributed by atoms with E-state index in [0.717, 1.165) is 29.8 Å². The van der Waals surface area contributed by atoms with Crippen molar-refractivity contribution in [3.8, 4) is 0 Å². The summed E-state index contributed by atoms with van der Waals surface area (Å²) in [5.74, 6) is 0.439. The van der Waals surface area contributed by atoms with Gasteiger partial charge in [-0.3, -0.25) is 9.59 Å². The van der Waals surface area contributed by atoms with Crippen LogP contribution >= 0.6 is 23.2 Å². The van der Waals surface area contributed by atoms with Crippen LogP contribution in [0.2, 0.25) is 5.15 Å². The third kappa shape index (κ3) is 8.02. The van der Waals surface area contributed by atoms with Gasteiger partial charge in [-0.15, -0.1) is 11.6 Å². The molecule has 0 saturated carbocycles. The molecule has 4 N–H and O–H groups in total. The molecule has 0 fully saturated rings. The van der Waals surface area contributed by atoms with Crippen LogP contribution in [0, 0.1) is 0 Å². The van der Waals surface area contributed by atoms with Gasteiger partial charge >= 0.3 is 0 Å². The molecule has 3 rings (SSSR count). The number of benzene rings is 1. The van der Waals surface area contributed by atoms with E-state index in [1.54, 1.807) is 4.90 Å². The fraction of sp³-hybridized carbons (Fsp3) is 0.500. The summed E-state index contributed by atoms with van der Waals surface area (Å²) in [7, 11) is 3.72. The van der Waals surface area contributed by atoms with Gasteiger partial charge in [0.15, 0.2) is 22.5 Å². The summed E-state index contributed by atoms with van der Waals surface area (Å²) in [6.07, 6.45) is 3.65. The van der Waals surface area contributed by atoms with Gasteiger partial charge in [0.25, 0.3) is 17.6 Å². The maximum atomic E-state index is 13.0. The van der Waals surface area contributed by atoms with Crippen LogP contribution in [0.3, 0.4) is 0 Å². The smallest absolute Gasteiger partial charge is 0.277 e. The zero-order chi connectivity index (χ0) is 28.8. The Bertz CT molecular complexity index is 1200. The first-order valence-electron chi connectivity index (χ1n) is 12.7. The molecule has 38 heavy (non-hydrogen) atoms. The van der Waals surface area contributed by atoms with Crippen LogP contribution in [0.4, 0.5) is 5.82 Å². The molecule has 10 nitrogen and oxygen atoms in total. The Morgan fingerprint density at radius 3 is 2.50 bits per heavy atom. The van der Waals surface area contributed by atoms with E-state index >= 15 is 0 Å². The van der Waals surface area contributed by atoms with Crippen molar-refractivity contribution >= 4 is 51.9 Å². The van der Waals surface area contributed by atoms with Gasteiger partial charge in [0, 0.05) is 31.6 Å². The summed E-state index contributed by atoms with van der Waals surface area (Å²) in [6, 6.07) is 5.75. The van der Waals surface area contributed by atoms with E-state index < -0.39 is 5.91 Å². The van der Waals surface area contributed by atoms with Crippen molar-refractivity contribution in [1.29, 1.82) is 0 Å². The second-order valence-electron chi connectivity index (χ2n) is 7.90. The Hall–Kier alpha value is -2.95. The van der Waals surface area contributed by atoms with Crippen molar-refractivity contribution < 1.29 is 14.2 Å². The topological polar surface area (TPSA) is 122 Å². The highest BCUT2D eigenvalue weighted by Gasteiger charge is 2.26. The summed E-state index contributed by atoms with van der Waals surface area (Å²) >= 11 is 10.5. The molecule has 0 aliphatic carbocycles. The number of anilines is 1. The van der Waals surface area contributed by atoms with Crippen molar-refractivity contribution in [2.24, 2.45) is 0 Å². The second-order valence-corrected chi connectivity index (χ2v) is 8.29. The number of hydrogen-bond acceptors (Lipinski definition) is 6. The number of aromatic nitrogens is 4. The van der Waals surface area contributed by atoms with Gasteiger partial charge in [0.05, 0.1) is 19.3 Å². The summed E-state index contributed by atoms with van der Waals surface area (Å²) < 4.78 is 4.22. The third-order valence-electron chi connectivity index (χ3n) is 5.72. The van der Waals surface area contributed by atoms with Gasteiger partial charge in [0.2, 0.25) is 0 Å². The number of aryl methyl sites for hydroxylation is 2. The minimum atomic E-state index is -0.456. The van der Waals surface area contributed by atoms with Crippen molar-refractivity contribution in [3.05, 3.63) is 46.6 Å². The Morgan fingerprint density at radius 1 is 1.21 bits per heavy atom. The lowest BCUT2D eigenvalue weighted by Crippen LogP contribution is -2.40. The molecule has 1 aromatic carbocycles. The lowest BCUT2D eigenvalue weighted by Gasteiger charge is -2.16. The Balaban J connectivity index is 0.00000172. The van der Waals surface area contributed by atoms with Crippen molar-refractivity contribution in [2.75, 3.05) is 39.3 Å². The van der Waals surface area contributed by atoms with Crippen molar-refractivity contribution in [3.63, 3.8) is 0 Å². The first-order chi connectivity index (χ1) is 18.3. The van der Waals surface area contributed by atoms with Gasteiger partial charge in [-0.25, -0.2) is 19.1 Å². The maximum absolute atomic E-state index is 13.0. The molecule has 0 saturated heterocycles. The number of imidazole rings is 1. The van der Waals surface area contributed by atoms with E-state index in [1.165, 1.54) is 12.6 Å². The quantitative estimate of drug-likeness (QED) is 0.196. The van der Waals surface area contributed by atoms with Gasteiger partial charge in [-0.1, -0.05) is 25.4 Å². The number of nitrogen functional groups attached to an aromatic ring is 1. The largest absolute Gasteiger partial charge is 0.382 e. The highest BCUT2D eigenvalue weighted by molar-refractivity contribution is 6.29. The number of fused-ring (bicyclic) bond motifs is 1. The number of nitrogens with one attached hydrogen (secondary N) is 2. The fourth-order valence-electron chi connectivity index (χ4n) is 4.02. The molecule has 3 aromatic rings. The molecule has 0 aliphatic rings. The Labute approximate surface area is 235 Å². The molecule has 2 amide bonds. The number of carbonyl (C=O) groups is 2. The predicted molar refractivity (Wildman–Crippen MR) is 155 cm³/mol. The molecule has 0 bridgehead atoms. The SMILES string of the molecule is CC.CCl.CCn1c(CNC(=O)c2nc(Cl)cnc2N)[n+](CC)c2ccc(C(=O)N(C)CCCNC)cc21. The van der Waals surface area contributed by atoms with E-state index in [0.29, 0.717) is 25.2 Å². The highest BCUT2D eigenvalue weighted by atomic mass is 35.5. The molecule has 2 heterocycles. The lowest BCUT2D eigenvalue weighted by molar-refractivity contribution is -0.676. The van der Waals surface area contributed by atoms with E-state index in [2.05, 4.69) is 41.3 Å². The fourth-order valence-corrected chi connectivity index (χ4v) is 4.16. The summed E-state index contributed by atoms with van der Waals surface area (Å²) in [5, 5.41) is 6.07. The first-order valence-corrected chi connectivity index (χ1v) is 13.8. The van der Waals surface area contributed by atoms with Crippen LogP contribution in [0.25, 0.3) is 11.0 Å². The molecule has 2 aromatic heterocycles. The average molecular weight is 569 g/mol. The second kappa shape index (κ2) is 16.8. The predicted octanol–water partition coefficient (Wildman–Crippen LogP) is 3.49. The van der Waals surface area contributed by atoms with E-state index in [-0.39, 0.29) is 29.1 Å². The number of hydrogen-bond donors (Lipinski definition) is 3. The zero-order valence-corrected chi connectivity index (χ0v) is 24.9. The molecule has 0 aliphatic heterocycles. The van der Waals surface area contributed by atoms with Crippen LogP contribution in [-0.4, -0.2) is 64.8 Å². The number of rotatable bonds is 10. The highest BCUT2D eigenvalue weighted by Crippen LogP contribution is 2.19. The molecule has 0 unspecified atom stereocenters. The standard InChI is InChI=1S/C23H31ClN8O2.C2H6.CH3Cl/c1-5-31-16-9-8-15(23(34)30(4)11-7-10-26-3)12-17(16)32(6-2)19(31)14-28-22(33)20-21(25)27-13-18(24)29-20;2*1-2/h8-9,12-13,26H,5-7,10-11,14H2,1-4H3,(H2-,25,27,28,33);1-2H3;1H3/p+1. The van der Waals surface area contributed by atoms with Gasteiger partial charge in [-0.2, -0.15) is 0 Å². The number of amides is 2. The normalized spacial score (nSPS) is 10.2. The molecule has 210 valence electrons. The lowest BCUT2D eigenvalue weighted by atomic mass is 10.1. The van der Waals surface area contributed by atoms with E-state index in [4.69, 9.17) is 17.3 Å². The monoisotopic (exact) mass is 567 g/mol. The van der Waals surface area contributed by atoms with Gasteiger partial charge < -0.3 is 21.3 Å². The number of halogens is 2. The van der Waals surface area contributed by atoms with Gasteiger partial charge in [-0.05, 0) is 46.0 Å². The summed E-state index contributed by atoms with van der Waals surface area (Å²) in [4.78, 5) is 35.3. The zero-order valence-electron chi connectivity index (χ0n) is 23.4. The Kier molecular flexibility index (Phi) is 14.6. The summed E-state index contributed by atoms with van der Waals surface area (Å²) in [5.41, 5.74) is 8.35. The number of nitrogens with two attached hydrogens (primary N) is 1.